The molecule has 0 aliphatic rings. The Morgan fingerprint density at radius 2 is 0.614 bits per heavy atom. The average molecular weight is 2250 g/mol. The lowest BCUT2D eigenvalue weighted by molar-refractivity contribution is -0.154. The first-order valence-electron chi connectivity index (χ1n) is 42.1. The molecular formula is C88H101Cl2F9N24O12S10. The number of rotatable bonds is 22. The molecule has 0 atom stereocenters. The lowest BCUT2D eigenvalue weighted by Crippen LogP contribution is -2.37. The fourth-order valence-corrected chi connectivity index (χ4v) is 17.5. The number of amidine groups is 2. The number of furan rings is 4. The van der Waals surface area contributed by atoms with Gasteiger partial charge in [0.1, 0.15) is 65.3 Å². The van der Waals surface area contributed by atoms with Crippen molar-refractivity contribution < 1.29 is 66.8 Å². The molecule has 0 radical (unpaired) electrons. The molecule has 14 aromatic heterocycles. The van der Waals surface area contributed by atoms with E-state index in [0.29, 0.717) is 95.6 Å². The number of aryl methyl sites for hydroxylation is 3. The number of nitrogens with zero attached hydrogens (tertiary/aromatic N) is 18. The number of aromatic nitrogens is 18. The first kappa shape index (κ1) is 121. The molecule has 0 fully saturated rings. The summed E-state index contributed by atoms with van der Waals surface area (Å²) in [6, 6.07) is 24.4. The number of urea groups is 2. The molecule has 0 aliphatic carbocycles. The molecule has 14 heterocycles. The van der Waals surface area contributed by atoms with E-state index in [-0.39, 0.29) is 87.6 Å². The summed E-state index contributed by atoms with van der Waals surface area (Å²) < 4.78 is 140. The zero-order valence-corrected chi connectivity index (χ0v) is 91.0. The predicted octanol–water partition coefficient (Wildman–Crippen LogP) is 19.2. The molecule has 0 spiro atoms. The van der Waals surface area contributed by atoms with Crippen LogP contribution in [0.25, 0.3) is 0 Å². The van der Waals surface area contributed by atoms with Crippen LogP contribution in [0.5, 0.6) is 0 Å². The monoisotopic (exact) mass is 2250 g/mol. The Labute approximate surface area is 875 Å². The van der Waals surface area contributed by atoms with Gasteiger partial charge in [-0.05, 0) is 180 Å². The van der Waals surface area contributed by atoms with E-state index in [0.717, 1.165) is 64.7 Å². The third-order valence-corrected chi connectivity index (χ3v) is 26.9. The fourth-order valence-electron chi connectivity index (χ4n) is 11.1. The highest BCUT2D eigenvalue weighted by Crippen LogP contribution is 2.36. The number of thioether (sulfide) groups is 6. The molecule has 57 heteroatoms. The minimum atomic E-state index is -4.54. The standard InChI is InChI=1S/C14H19N3OS2.C13H17N3OS2.C12H19N3O2.C11H10F3N3O2S.C10H10ClN3OS2.C10H8F3N3O2S.C9H8ClN3OS2.C9H10F3N3O2/c1-9-15-12(19-5)16-13(18)17(9)8-10-6-7-11(20-10)14(2,3)4;1-13(2,3)10-6-5-9(19-10)7-16-8-14-11(18-4)15-12(16)17;1-8(13)15-11(16)14-7-9-5-6-10(17-9)12(2,3)4;1-6-15-9(20-2)16-10(18)17(6)5-7-3-4-8(19-7)11(12,13)14;1-6-12-9(16-2)13-10(15)14(6)5-7-3-4-8(11)17-7;1-19-8-14-5-16(9(17)15-8)4-6-2-3-7(18-6)10(11,12)13;1-15-8-11-5-13(9(14)12-8)4-6-2-3-7(10)16-6;1-5(13)15-8(16)14-4-6-2-3-7(17-6)9(10,11)12/h6-7H,8H2,1-5H3;5-6,8H,7H2,1-4H3;5-6H,7H2,1-4H3,(H3,13,14,15,16);3-4H,5H2,1-2H3;3-4H,5H2,1-2H3;2-3,5H,4H2,1H3;2-3,5H,4H2,1H3;2-3H,4H2,1H3,(H3,13,14,15,16). The maximum Gasteiger partial charge on any atom is 0.449 e. The van der Waals surface area contributed by atoms with Gasteiger partial charge in [0.15, 0.2) is 30.9 Å². The molecule has 0 saturated carbocycles. The summed E-state index contributed by atoms with van der Waals surface area (Å²) in [7, 11) is 0. The summed E-state index contributed by atoms with van der Waals surface area (Å²) in [6.07, 6.45) is 1.51. The predicted molar refractivity (Wildman–Crippen MR) is 548 cm³/mol. The maximum absolute atomic E-state index is 12.4. The van der Waals surface area contributed by atoms with Crippen LogP contribution in [0.1, 0.15) is 169 Å². The van der Waals surface area contributed by atoms with Gasteiger partial charge in [-0.1, -0.05) is 156 Å². The SMILES string of the molecule is CC(=N)NC(=O)NCc1ccc(C(C)(C)C)o1.CC(=N)NC(=O)NCc1ccc(C(F)(F)F)o1.CSc1nc(C)n(Cc2ccc(C(C)(C)C)s2)c(=O)n1.CSc1nc(C)n(Cc2ccc(C(F)(F)F)o2)c(=O)n1.CSc1nc(C)n(Cc2ccc(Cl)s2)c(=O)n1.CSc1ncn(Cc2ccc(C(C)(C)C)s2)c(=O)n1.CSc1ncn(Cc2ccc(C(F)(F)F)o2)c(=O)n1.CSc1ncn(Cc2ccc(Cl)s2)c(=O)n1. The second-order valence-corrected chi connectivity index (χ2v) is 43.3. The molecular weight excluding hydrogens is 2150 g/mol. The van der Waals surface area contributed by atoms with Gasteiger partial charge >= 0.3 is 64.7 Å². The number of carbonyl (C=O) groups is 2. The molecule has 36 nitrogen and oxygen atoms in total. The van der Waals surface area contributed by atoms with Crippen molar-refractivity contribution in [1.29, 1.82) is 10.8 Å². The van der Waals surface area contributed by atoms with Crippen molar-refractivity contribution in [3.8, 4) is 0 Å². The number of carbonyl (C=O) groups excluding carboxylic acids is 2. The van der Waals surface area contributed by atoms with Gasteiger partial charge < -0.3 is 28.3 Å². The summed E-state index contributed by atoms with van der Waals surface area (Å²) >= 11 is 25.9. The van der Waals surface area contributed by atoms with E-state index in [1.807, 2.05) is 68.3 Å². The van der Waals surface area contributed by atoms with Crippen molar-refractivity contribution in [3.05, 3.63) is 280 Å². The number of halogens is 11. The van der Waals surface area contributed by atoms with E-state index in [1.165, 1.54) is 145 Å². The molecule has 0 unspecified atom stereocenters. The Balaban J connectivity index is 0.000000225. The molecule has 782 valence electrons. The highest BCUT2D eigenvalue weighted by atomic mass is 35.5. The first-order valence-corrected chi connectivity index (χ1v) is 53.5. The Morgan fingerprint density at radius 1 is 0.345 bits per heavy atom. The lowest BCUT2D eigenvalue weighted by Gasteiger charge is -2.15. The molecule has 145 heavy (non-hydrogen) atoms. The van der Waals surface area contributed by atoms with Crippen LogP contribution in [0.15, 0.2) is 193 Å². The van der Waals surface area contributed by atoms with Gasteiger partial charge in [-0.15, -0.1) is 45.3 Å². The molecule has 0 saturated heterocycles. The Morgan fingerprint density at radius 3 is 0.883 bits per heavy atom. The second-order valence-electron chi connectivity index (χ2n) is 32.8. The smallest absolute Gasteiger partial charge is 0.449 e. The van der Waals surface area contributed by atoms with E-state index < -0.39 is 59.3 Å². The third kappa shape index (κ3) is 40.1. The third-order valence-electron chi connectivity index (χ3n) is 18.2. The Bertz CT molecular complexity index is 6770. The van der Waals surface area contributed by atoms with Crippen LogP contribution < -0.4 is 55.4 Å². The van der Waals surface area contributed by atoms with Crippen LogP contribution in [0.3, 0.4) is 0 Å². The number of hydrogen-bond donors (Lipinski definition) is 6. The van der Waals surface area contributed by atoms with Gasteiger partial charge in [0.05, 0.1) is 72.7 Å². The lowest BCUT2D eigenvalue weighted by atomic mass is 9.94. The first-order chi connectivity index (χ1) is 67.8. The van der Waals surface area contributed by atoms with Crippen molar-refractivity contribution in [1.82, 2.24) is 108 Å². The van der Waals surface area contributed by atoms with Crippen LogP contribution in [0.2, 0.25) is 8.67 Å². The number of thiophene rings is 4. The van der Waals surface area contributed by atoms with Crippen LogP contribution in [-0.4, -0.2) is 148 Å². The minimum absolute atomic E-state index is 0.00919. The van der Waals surface area contributed by atoms with E-state index in [2.05, 4.69) is 181 Å². The second kappa shape index (κ2) is 54.9. The summed E-state index contributed by atoms with van der Waals surface area (Å²) in [5.41, 5.74) is -1.95. The average Bonchev–Trinajstić information content (AvgIpc) is 1.73. The van der Waals surface area contributed by atoms with Crippen LogP contribution in [-0.2, 0) is 87.1 Å². The molecule has 6 N–H and O–H groups in total. The van der Waals surface area contributed by atoms with Gasteiger partial charge in [0.25, 0.3) is 0 Å². The molecule has 14 aromatic rings. The van der Waals surface area contributed by atoms with Crippen molar-refractivity contribution in [2.75, 3.05) is 37.5 Å². The fraction of sp³-hybridized carbons (Fsp3) is 0.386. The van der Waals surface area contributed by atoms with Crippen molar-refractivity contribution in [2.24, 2.45) is 0 Å². The summed E-state index contributed by atoms with van der Waals surface area (Å²) in [5.74, 6) is 0.0576. The van der Waals surface area contributed by atoms with E-state index in [1.54, 1.807) is 64.5 Å². The molecule has 14 rings (SSSR count). The highest BCUT2D eigenvalue weighted by molar-refractivity contribution is 7.99. The van der Waals surface area contributed by atoms with Crippen molar-refractivity contribution in [3.63, 3.8) is 0 Å². The van der Waals surface area contributed by atoms with Crippen LogP contribution in [0, 0.1) is 31.6 Å². The molecule has 0 aromatic carbocycles. The minimum Gasteiger partial charge on any atom is -0.464 e. The van der Waals surface area contributed by atoms with Crippen LogP contribution in [0.4, 0.5) is 49.1 Å². The molecule has 4 amide bonds. The summed E-state index contributed by atoms with van der Waals surface area (Å²) in [5, 5.41) is 26.0. The number of hydrogen-bond acceptors (Lipinski definition) is 36. The molecule has 0 bridgehead atoms. The largest absolute Gasteiger partial charge is 0.464 e. The number of nitrogens with one attached hydrogen (secondary N) is 6. The van der Waals surface area contributed by atoms with E-state index in [4.69, 9.17) is 38.4 Å². The zero-order valence-electron chi connectivity index (χ0n) is 81.3. The summed E-state index contributed by atoms with van der Waals surface area (Å²) in [6.45, 7) is 29.3. The maximum atomic E-state index is 12.4. The molecule has 0 aliphatic heterocycles. The van der Waals surface area contributed by atoms with Crippen molar-refractivity contribution >= 4 is 163 Å². The van der Waals surface area contributed by atoms with Gasteiger partial charge in [-0.25, -0.2) is 68.3 Å². The van der Waals surface area contributed by atoms with E-state index in [9.17, 15) is 77.9 Å². The summed E-state index contributed by atoms with van der Waals surface area (Å²) in [4.78, 5) is 147. The highest BCUT2D eigenvalue weighted by Gasteiger charge is 2.37. The van der Waals surface area contributed by atoms with Gasteiger partial charge in [0, 0.05) is 34.7 Å². The van der Waals surface area contributed by atoms with Gasteiger partial charge in [0.2, 0.25) is 17.3 Å². The van der Waals surface area contributed by atoms with E-state index >= 15 is 0 Å². The number of alkyl halides is 9. The normalized spacial score (nSPS) is 11.4. The van der Waals surface area contributed by atoms with Crippen molar-refractivity contribution in [2.45, 2.75) is 215 Å². The number of amides is 4. The zero-order chi connectivity index (χ0) is 108. The van der Waals surface area contributed by atoms with Gasteiger partial charge in [-0.2, -0.15) is 69.4 Å². The Hall–Kier alpha value is -11.3. The quantitative estimate of drug-likeness (QED) is 0.0159. The van der Waals surface area contributed by atoms with Gasteiger partial charge in [-0.3, -0.25) is 48.9 Å². The van der Waals surface area contributed by atoms with Crippen LogP contribution >= 0.6 is 139 Å². The Kier molecular flexibility index (Phi) is 45.7. The topological polar surface area (TPSA) is 469 Å².